The molecular formula is C27H27FIN5O4. The van der Waals surface area contributed by atoms with E-state index < -0.39 is 23.0 Å². The Hall–Kier alpha value is -3.74. The number of amides is 2. The zero-order valence-electron chi connectivity index (χ0n) is 21.3. The molecule has 4 rings (SSSR count). The summed E-state index contributed by atoms with van der Waals surface area (Å²) in [6.07, 6.45) is 1.33. The summed E-state index contributed by atoms with van der Waals surface area (Å²) in [4.78, 5) is 52.3. The van der Waals surface area contributed by atoms with Crippen molar-refractivity contribution in [3.05, 3.63) is 83.3 Å². The van der Waals surface area contributed by atoms with E-state index in [1.807, 2.05) is 22.6 Å². The molecule has 0 bridgehead atoms. The van der Waals surface area contributed by atoms with E-state index in [9.17, 15) is 23.6 Å². The summed E-state index contributed by atoms with van der Waals surface area (Å²) in [5.41, 5.74) is 0.158. The smallest absolute Gasteiger partial charge is 0.336 e. The van der Waals surface area contributed by atoms with Crippen LogP contribution in [0.25, 0.3) is 17.0 Å². The molecule has 0 radical (unpaired) electrons. The third-order valence-corrected chi connectivity index (χ3v) is 6.85. The summed E-state index contributed by atoms with van der Waals surface area (Å²) < 4.78 is 17.9. The molecule has 0 aliphatic heterocycles. The molecule has 1 fully saturated rings. The Morgan fingerprint density at radius 3 is 2.34 bits per heavy atom. The van der Waals surface area contributed by atoms with Crippen LogP contribution in [-0.2, 0) is 9.59 Å². The van der Waals surface area contributed by atoms with Crippen LogP contribution in [0, 0.1) is 9.39 Å². The van der Waals surface area contributed by atoms with Gasteiger partial charge in [0.25, 0.3) is 5.56 Å². The molecule has 1 heterocycles. The number of anilines is 2. The topological polar surface area (TPSA) is 114 Å². The van der Waals surface area contributed by atoms with Crippen molar-refractivity contribution in [1.82, 2.24) is 14.5 Å². The number of rotatable bonds is 6. The zero-order chi connectivity index (χ0) is 27.7. The maximum absolute atomic E-state index is 14.7. The normalized spacial score (nSPS) is 14.5. The molecule has 9 nitrogen and oxygen atoms in total. The minimum atomic E-state index is -0.604. The Labute approximate surface area is 231 Å². The number of hydrogen-bond acceptors (Lipinski definition) is 5. The van der Waals surface area contributed by atoms with Gasteiger partial charge in [-0.25, -0.2) is 9.18 Å². The van der Waals surface area contributed by atoms with Gasteiger partial charge in [-0.05, 0) is 85.7 Å². The second kappa shape index (κ2) is 10.9. The van der Waals surface area contributed by atoms with Crippen molar-refractivity contribution in [2.45, 2.75) is 39.7 Å². The highest BCUT2D eigenvalue weighted by atomic mass is 127. The Morgan fingerprint density at radius 2 is 1.74 bits per heavy atom. The first-order chi connectivity index (χ1) is 18.0. The minimum absolute atomic E-state index is 0.0699. The Morgan fingerprint density at radius 1 is 1.03 bits per heavy atom. The fourth-order valence-corrected chi connectivity index (χ4v) is 4.74. The summed E-state index contributed by atoms with van der Waals surface area (Å²) in [7, 11) is 1.45. The van der Waals surface area contributed by atoms with Crippen LogP contribution in [0.2, 0.25) is 0 Å². The molecule has 1 aliphatic carbocycles. The summed E-state index contributed by atoms with van der Waals surface area (Å²) in [5.74, 6) is -1.29. The van der Waals surface area contributed by atoms with Crippen molar-refractivity contribution in [1.29, 1.82) is 0 Å². The summed E-state index contributed by atoms with van der Waals surface area (Å²) in [6.45, 7) is 4.49. The molecule has 0 atom stereocenters. The average Bonchev–Trinajstić information content (AvgIpc) is 3.69. The van der Waals surface area contributed by atoms with Gasteiger partial charge in [0.1, 0.15) is 5.82 Å². The van der Waals surface area contributed by atoms with Gasteiger partial charge in [0, 0.05) is 40.5 Å². The predicted molar refractivity (Wildman–Crippen MR) is 153 cm³/mol. The lowest BCUT2D eigenvalue weighted by Crippen LogP contribution is -2.60. The van der Waals surface area contributed by atoms with Gasteiger partial charge in [-0.3, -0.25) is 23.5 Å². The number of nitrogens with one attached hydrogen (secondary N) is 3. The van der Waals surface area contributed by atoms with Crippen LogP contribution < -0.4 is 37.8 Å². The quantitative estimate of drug-likeness (QED) is 0.362. The lowest BCUT2D eigenvalue weighted by atomic mass is 10.1. The van der Waals surface area contributed by atoms with E-state index in [2.05, 4.69) is 16.0 Å². The number of nitrogens with zero attached hydrogens (tertiary/aromatic N) is 2. The molecule has 1 saturated carbocycles. The van der Waals surface area contributed by atoms with Gasteiger partial charge in [0.15, 0.2) is 0 Å². The molecule has 2 aromatic carbocycles. The third-order valence-electron chi connectivity index (χ3n) is 6.18. The highest BCUT2D eigenvalue weighted by Gasteiger charge is 2.29. The number of carbonyl (C=O) groups excluding carboxylic acids is 2. The monoisotopic (exact) mass is 631 g/mol. The minimum Gasteiger partial charge on any atom is -0.356 e. The van der Waals surface area contributed by atoms with Crippen LogP contribution in [0.3, 0.4) is 0 Å². The largest absolute Gasteiger partial charge is 0.356 e. The van der Waals surface area contributed by atoms with E-state index in [1.54, 1.807) is 43.3 Å². The summed E-state index contributed by atoms with van der Waals surface area (Å²) >= 11 is 2.00. The van der Waals surface area contributed by atoms with E-state index in [4.69, 9.17) is 0 Å². The maximum atomic E-state index is 14.7. The van der Waals surface area contributed by atoms with Gasteiger partial charge in [0.2, 0.25) is 11.8 Å². The van der Waals surface area contributed by atoms with Gasteiger partial charge >= 0.3 is 5.69 Å². The predicted octanol–water partition coefficient (Wildman–Crippen LogP) is 2.19. The van der Waals surface area contributed by atoms with E-state index in [-0.39, 0.29) is 39.5 Å². The van der Waals surface area contributed by atoms with Crippen LogP contribution >= 0.6 is 22.6 Å². The van der Waals surface area contributed by atoms with Crippen molar-refractivity contribution in [2.75, 3.05) is 17.7 Å². The van der Waals surface area contributed by atoms with Gasteiger partial charge in [-0.15, -0.1) is 0 Å². The summed E-state index contributed by atoms with van der Waals surface area (Å²) in [6, 6.07) is 10.9. The third kappa shape index (κ3) is 5.42. The number of hydrogen-bond donors (Lipinski definition) is 3. The lowest BCUT2D eigenvalue weighted by molar-refractivity contribution is -0.115. The maximum Gasteiger partial charge on any atom is 0.336 e. The van der Waals surface area contributed by atoms with Crippen LogP contribution in [0.15, 0.2) is 52.1 Å². The first-order valence-electron chi connectivity index (χ1n) is 11.9. The number of carbonyl (C=O) groups is 2. The standard InChI is InChI=1S/C27H27FIN5O4/c1-14(25(36)30-4)24-23(15(2)31-22-11-8-17(29)12-21(22)28)26(37)34(19-9-10-19)27(38)33(24)20-7-5-6-18(13-20)32-16(3)35/h5-8,11-13,19,31H,9-10H2,1-4H3,(H,30,36)(H,32,35)/b23-15-,24-14+. The van der Waals surface area contributed by atoms with E-state index in [0.717, 1.165) is 0 Å². The van der Waals surface area contributed by atoms with Crippen molar-refractivity contribution in [3.8, 4) is 5.69 Å². The SMILES string of the molecule is CNC(=O)/C(C)=c1\c(=C(/C)Nc2ccc(I)cc2F)c(=O)n(C2CC2)c(=O)n1-c1cccc(NC(C)=O)c1. The van der Waals surface area contributed by atoms with Gasteiger partial charge in [-0.1, -0.05) is 6.07 Å². The van der Waals surface area contributed by atoms with Crippen molar-refractivity contribution in [3.63, 3.8) is 0 Å². The van der Waals surface area contributed by atoms with Crippen molar-refractivity contribution in [2.24, 2.45) is 0 Å². The number of benzene rings is 2. The molecule has 38 heavy (non-hydrogen) atoms. The Bertz CT molecular complexity index is 1710. The van der Waals surface area contributed by atoms with Crippen LogP contribution in [0.4, 0.5) is 15.8 Å². The van der Waals surface area contributed by atoms with Gasteiger partial charge in [-0.2, -0.15) is 0 Å². The van der Waals surface area contributed by atoms with E-state index in [0.29, 0.717) is 27.8 Å². The molecule has 198 valence electrons. The fourth-order valence-electron chi connectivity index (χ4n) is 4.29. The number of aromatic nitrogens is 2. The van der Waals surface area contributed by atoms with E-state index >= 15 is 0 Å². The molecule has 0 unspecified atom stereocenters. The molecule has 0 spiro atoms. The van der Waals surface area contributed by atoms with E-state index in [1.165, 1.54) is 36.1 Å². The summed E-state index contributed by atoms with van der Waals surface area (Å²) in [5, 5.41) is 8.36. The molecule has 11 heteroatoms. The molecule has 3 aromatic rings. The Kier molecular flexibility index (Phi) is 7.86. The second-order valence-corrected chi connectivity index (χ2v) is 10.3. The molecule has 1 aliphatic rings. The molecule has 3 N–H and O–H groups in total. The lowest BCUT2D eigenvalue weighted by Gasteiger charge is -2.16. The molecule has 1 aromatic heterocycles. The molecular weight excluding hydrogens is 604 g/mol. The van der Waals surface area contributed by atoms with Gasteiger partial charge in [0.05, 0.1) is 21.9 Å². The van der Waals surface area contributed by atoms with Crippen LogP contribution in [-0.4, -0.2) is 28.0 Å². The second-order valence-electron chi connectivity index (χ2n) is 9.06. The number of halogens is 2. The van der Waals surface area contributed by atoms with Crippen LogP contribution in [0.5, 0.6) is 0 Å². The molecule has 0 saturated heterocycles. The fraction of sp³-hybridized carbons (Fsp3) is 0.259. The zero-order valence-corrected chi connectivity index (χ0v) is 23.5. The first-order valence-corrected chi connectivity index (χ1v) is 13.0. The van der Waals surface area contributed by atoms with Crippen molar-refractivity contribution >= 4 is 57.1 Å². The van der Waals surface area contributed by atoms with Crippen LogP contribution in [0.1, 0.15) is 39.7 Å². The van der Waals surface area contributed by atoms with Crippen molar-refractivity contribution < 1.29 is 14.0 Å². The average molecular weight is 631 g/mol. The highest BCUT2D eigenvalue weighted by Crippen LogP contribution is 2.32. The first kappa shape index (κ1) is 27.3. The highest BCUT2D eigenvalue weighted by molar-refractivity contribution is 14.1. The Balaban J connectivity index is 2.18. The molecule has 2 amide bonds. The van der Waals surface area contributed by atoms with Gasteiger partial charge < -0.3 is 16.0 Å².